The van der Waals surface area contributed by atoms with Crippen molar-refractivity contribution in [2.24, 2.45) is 0 Å². The Morgan fingerprint density at radius 2 is 2.40 bits per heavy atom. The van der Waals surface area contributed by atoms with Gasteiger partial charge >= 0.3 is 0 Å². The average molecular weight is 279 g/mol. The predicted molar refractivity (Wildman–Crippen MR) is 70.7 cm³/mol. The summed E-state index contributed by atoms with van der Waals surface area (Å²) in [5.74, 6) is -1.76. The minimum absolute atomic E-state index is 0.165. The zero-order valence-electron chi connectivity index (χ0n) is 10.8. The molecular formula is C12H14FN5O2. The minimum atomic E-state index is -0.836. The molecule has 0 aliphatic carbocycles. The Morgan fingerprint density at radius 3 is 3.15 bits per heavy atom. The topological polar surface area (TPSA) is 95.1 Å². The van der Waals surface area contributed by atoms with E-state index in [1.807, 2.05) is 0 Å². The van der Waals surface area contributed by atoms with E-state index in [-0.39, 0.29) is 11.4 Å². The lowest BCUT2D eigenvalue weighted by Crippen LogP contribution is -2.15. The number of anilines is 2. The number of amides is 1. The van der Waals surface area contributed by atoms with Crippen LogP contribution in [0.5, 0.6) is 0 Å². The van der Waals surface area contributed by atoms with E-state index in [9.17, 15) is 9.18 Å². The quantitative estimate of drug-likeness (QED) is 0.847. The van der Waals surface area contributed by atoms with Gasteiger partial charge in [-0.2, -0.15) is 5.10 Å². The Balaban J connectivity index is 2.07. The van der Waals surface area contributed by atoms with Crippen LogP contribution in [0.25, 0.3) is 0 Å². The number of aromatic nitrogens is 3. The van der Waals surface area contributed by atoms with Crippen LogP contribution in [0.15, 0.2) is 24.7 Å². The Labute approximate surface area is 114 Å². The zero-order valence-corrected chi connectivity index (χ0v) is 10.8. The molecule has 0 bridgehead atoms. The van der Waals surface area contributed by atoms with Crippen molar-refractivity contribution in [3.8, 4) is 0 Å². The summed E-state index contributed by atoms with van der Waals surface area (Å²) >= 11 is 0. The number of carbonyl (C=O) groups excluding carboxylic acids is 1. The van der Waals surface area contributed by atoms with E-state index in [4.69, 9.17) is 10.5 Å². The maximum atomic E-state index is 13.6. The third-order valence-corrected chi connectivity index (χ3v) is 2.58. The Bertz CT molecular complexity index is 614. The van der Waals surface area contributed by atoms with Gasteiger partial charge in [0.2, 0.25) is 0 Å². The number of ether oxygens (including phenoxy) is 1. The number of methoxy groups -OCH3 is 1. The van der Waals surface area contributed by atoms with Gasteiger partial charge in [-0.3, -0.25) is 9.48 Å². The second-order valence-electron chi connectivity index (χ2n) is 4.00. The lowest BCUT2D eigenvalue weighted by atomic mass is 10.2. The van der Waals surface area contributed by atoms with Gasteiger partial charge in [0.25, 0.3) is 5.91 Å². The number of pyridine rings is 1. The largest absolute Gasteiger partial charge is 0.383 e. The number of hydrogen-bond acceptors (Lipinski definition) is 5. The molecule has 2 rings (SSSR count). The molecule has 2 aromatic rings. The first-order chi connectivity index (χ1) is 9.61. The first-order valence-electron chi connectivity index (χ1n) is 5.84. The summed E-state index contributed by atoms with van der Waals surface area (Å²) in [7, 11) is 1.59. The van der Waals surface area contributed by atoms with Crippen LogP contribution in [0, 0.1) is 5.82 Å². The van der Waals surface area contributed by atoms with Crippen LogP contribution in [-0.4, -0.2) is 34.4 Å². The molecule has 0 radical (unpaired) electrons. The van der Waals surface area contributed by atoms with Gasteiger partial charge in [0, 0.05) is 19.5 Å². The number of halogens is 1. The second-order valence-corrected chi connectivity index (χ2v) is 4.00. The number of hydrogen-bond donors (Lipinski definition) is 2. The van der Waals surface area contributed by atoms with E-state index < -0.39 is 11.7 Å². The lowest BCUT2D eigenvalue weighted by molar-refractivity contribution is 0.102. The van der Waals surface area contributed by atoms with Crippen molar-refractivity contribution in [2.75, 3.05) is 24.8 Å². The number of rotatable bonds is 5. The third-order valence-electron chi connectivity index (χ3n) is 2.58. The van der Waals surface area contributed by atoms with Crippen LogP contribution in [-0.2, 0) is 11.3 Å². The molecule has 0 aromatic carbocycles. The van der Waals surface area contributed by atoms with Gasteiger partial charge in [0.15, 0.2) is 11.6 Å². The van der Waals surface area contributed by atoms with Crippen molar-refractivity contribution in [2.45, 2.75) is 6.54 Å². The summed E-state index contributed by atoms with van der Waals surface area (Å²) in [4.78, 5) is 15.5. The summed E-state index contributed by atoms with van der Waals surface area (Å²) in [6.45, 7) is 1.06. The fourth-order valence-corrected chi connectivity index (χ4v) is 1.57. The summed E-state index contributed by atoms with van der Waals surface area (Å²) < 4.78 is 20.2. The highest BCUT2D eigenvalue weighted by Crippen LogP contribution is 2.14. The summed E-state index contributed by atoms with van der Waals surface area (Å²) in [6, 6.07) is 1.26. The van der Waals surface area contributed by atoms with Crippen molar-refractivity contribution >= 4 is 17.4 Å². The Hall–Kier alpha value is -2.48. The number of nitrogens with two attached hydrogens (primary N) is 1. The molecule has 0 aliphatic heterocycles. The molecule has 0 fully saturated rings. The molecule has 1 amide bonds. The van der Waals surface area contributed by atoms with Crippen molar-refractivity contribution < 1.29 is 13.9 Å². The van der Waals surface area contributed by atoms with Crippen LogP contribution in [0.3, 0.4) is 0 Å². The van der Waals surface area contributed by atoms with E-state index in [0.717, 1.165) is 0 Å². The summed E-state index contributed by atoms with van der Waals surface area (Å²) in [6.07, 6.45) is 4.37. The van der Waals surface area contributed by atoms with Gasteiger partial charge in [0.05, 0.1) is 30.6 Å². The first kappa shape index (κ1) is 13.9. The van der Waals surface area contributed by atoms with Crippen LogP contribution >= 0.6 is 0 Å². The second kappa shape index (κ2) is 6.11. The molecule has 0 aliphatic rings. The van der Waals surface area contributed by atoms with Gasteiger partial charge in [-0.25, -0.2) is 9.37 Å². The molecule has 106 valence electrons. The Morgan fingerprint density at radius 1 is 1.60 bits per heavy atom. The fourth-order valence-electron chi connectivity index (χ4n) is 1.57. The van der Waals surface area contributed by atoms with Gasteiger partial charge < -0.3 is 15.8 Å². The standard InChI is InChI=1S/C12H14FN5O2/c1-20-5-4-18-7-8(6-16-18)17-12(19)9-2-3-15-11(14)10(9)13/h2-3,6-7H,4-5H2,1H3,(H2,14,15)(H,17,19). The van der Waals surface area contributed by atoms with Crippen molar-refractivity contribution in [1.82, 2.24) is 14.8 Å². The lowest BCUT2D eigenvalue weighted by Gasteiger charge is -2.04. The van der Waals surface area contributed by atoms with E-state index in [1.54, 1.807) is 18.0 Å². The van der Waals surface area contributed by atoms with Crippen molar-refractivity contribution in [1.29, 1.82) is 0 Å². The van der Waals surface area contributed by atoms with E-state index in [2.05, 4.69) is 15.4 Å². The molecule has 0 saturated heterocycles. The summed E-state index contributed by atoms with van der Waals surface area (Å²) in [5.41, 5.74) is 5.61. The van der Waals surface area contributed by atoms with Crippen molar-refractivity contribution in [3.05, 3.63) is 36.0 Å². The molecule has 0 saturated carbocycles. The average Bonchev–Trinajstić information content (AvgIpc) is 2.87. The van der Waals surface area contributed by atoms with E-state index in [0.29, 0.717) is 18.8 Å². The molecule has 0 spiro atoms. The molecule has 8 heteroatoms. The Kier molecular flexibility index (Phi) is 4.26. The van der Waals surface area contributed by atoms with Gasteiger partial charge in [0.1, 0.15) is 0 Å². The number of carbonyl (C=O) groups is 1. The van der Waals surface area contributed by atoms with E-state index in [1.165, 1.54) is 18.5 Å². The minimum Gasteiger partial charge on any atom is -0.383 e. The molecule has 0 atom stereocenters. The molecule has 2 heterocycles. The molecule has 20 heavy (non-hydrogen) atoms. The maximum absolute atomic E-state index is 13.6. The smallest absolute Gasteiger partial charge is 0.258 e. The monoisotopic (exact) mass is 279 g/mol. The first-order valence-corrected chi connectivity index (χ1v) is 5.84. The highest BCUT2D eigenvalue weighted by Gasteiger charge is 2.15. The highest BCUT2D eigenvalue weighted by atomic mass is 19.1. The van der Waals surface area contributed by atoms with Gasteiger partial charge in [-0.1, -0.05) is 0 Å². The zero-order chi connectivity index (χ0) is 14.5. The molecule has 7 nitrogen and oxygen atoms in total. The van der Waals surface area contributed by atoms with Gasteiger partial charge in [-0.15, -0.1) is 0 Å². The molecular weight excluding hydrogens is 265 g/mol. The van der Waals surface area contributed by atoms with Crippen LogP contribution in [0.2, 0.25) is 0 Å². The molecule has 0 unspecified atom stereocenters. The van der Waals surface area contributed by atoms with Crippen LogP contribution < -0.4 is 11.1 Å². The highest BCUT2D eigenvalue weighted by molar-refractivity contribution is 6.04. The van der Waals surface area contributed by atoms with Crippen LogP contribution in [0.4, 0.5) is 15.9 Å². The predicted octanol–water partition coefficient (Wildman–Crippen LogP) is 0.898. The third kappa shape index (κ3) is 3.09. The number of nitrogen functional groups attached to an aromatic ring is 1. The summed E-state index contributed by atoms with van der Waals surface area (Å²) in [5, 5.41) is 6.57. The molecule has 3 N–H and O–H groups in total. The number of nitrogens with zero attached hydrogens (tertiary/aromatic N) is 3. The number of nitrogens with one attached hydrogen (secondary N) is 1. The molecule has 2 aromatic heterocycles. The van der Waals surface area contributed by atoms with Crippen molar-refractivity contribution in [3.63, 3.8) is 0 Å². The van der Waals surface area contributed by atoms with Gasteiger partial charge in [-0.05, 0) is 6.07 Å². The SMILES string of the molecule is COCCn1cc(NC(=O)c2ccnc(N)c2F)cn1. The fraction of sp³-hybridized carbons (Fsp3) is 0.250. The normalized spacial score (nSPS) is 10.5. The van der Waals surface area contributed by atoms with Crippen LogP contribution in [0.1, 0.15) is 10.4 Å². The van der Waals surface area contributed by atoms with E-state index >= 15 is 0 Å². The maximum Gasteiger partial charge on any atom is 0.258 e.